The highest BCUT2D eigenvalue weighted by molar-refractivity contribution is 5.21. The third kappa shape index (κ3) is 15.7. The van der Waals surface area contributed by atoms with E-state index in [1.165, 1.54) is 6.08 Å². The first-order valence-corrected chi connectivity index (χ1v) is 6.78. The summed E-state index contributed by atoms with van der Waals surface area (Å²) in [4.78, 5) is 0. The van der Waals surface area contributed by atoms with E-state index in [0.29, 0.717) is 0 Å². The Balaban J connectivity index is 3.83. The Hall–Kier alpha value is -2.34. The molecule has 0 saturated heterocycles. The molecule has 0 nitrogen and oxygen atoms in total. The molecule has 0 aliphatic carbocycles. The van der Waals surface area contributed by atoms with Crippen molar-refractivity contribution < 1.29 is 0 Å². The third-order valence-corrected chi connectivity index (χ3v) is 2.04. The summed E-state index contributed by atoms with van der Waals surface area (Å²) in [5.41, 5.74) is 0. The summed E-state index contributed by atoms with van der Waals surface area (Å²) in [6.45, 7) is 7.31. The van der Waals surface area contributed by atoms with Crippen molar-refractivity contribution in [3.8, 4) is 0 Å². The van der Waals surface area contributed by atoms with E-state index in [4.69, 9.17) is 6.58 Å². The van der Waals surface area contributed by atoms with Gasteiger partial charge in [0.25, 0.3) is 0 Å². The Kier molecular flexibility index (Phi) is 14.7. The van der Waals surface area contributed by atoms with Crippen molar-refractivity contribution in [2.75, 3.05) is 0 Å². The average Bonchev–Trinajstić information content (AvgIpc) is 2.47. The zero-order chi connectivity index (χ0) is 14.7. The van der Waals surface area contributed by atoms with Gasteiger partial charge in [0, 0.05) is 0 Å². The van der Waals surface area contributed by atoms with Crippen molar-refractivity contribution >= 4 is 0 Å². The third-order valence-electron chi connectivity index (χ3n) is 2.04. The first kappa shape index (κ1) is 17.7. The fraction of sp³-hybridized carbons (Fsp3) is 0.100. The summed E-state index contributed by atoms with van der Waals surface area (Å²) in [6.07, 6.45) is 34.2. The van der Waals surface area contributed by atoms with Crippen molar-refractivity contribution in [1.29, 1.82) is 0 Å². The van der Waals surface area contributed by atoms with Crippen LogP contribution in [0.3, 0.4) is 0 Å². The van der Waals surface area contributed by atoms with Crippen LogP contribution >= 0.6 is 0 Å². The lowest BCUT2D eigenvalue weighted by Gasteiger charge is -1.76. The summed E-state index contributed by atoms with van der Waals surface area (Å²) in [5, 5.41) is 0. The van der Waals surface area contributed by atoms with Gasteiger partial charge in [0.2, 0.25) is 0 Å². The zero-order valence-electron chi connectivity index (χ0n) is 12.1. The molecule has 0 aromatic heterocycles. The maximum Gasteiger partial charge on any atom is -0.0376 e. The van der Waals surface area contributed by atoms with Crippen LogP contribution in [0.2, 0.25) is 0 Å². The van der Waals surface area contributed by atoms with Crippen molar-refractivity contribution in [2.24, 2.45) is 0 Å². The van der Waals surface area contributed by atoms with Crippen LogP contribution in [0.1, 0.15) is 13.3 Å². The van der Waals surface area contributed by atoms with Gasteiger partial charge < -0.3 is 0 Å². The number of hydrogen-bond acceptors (Lipinski definition) is 0. The SMILES string of the molecule is [CH]=CC=CC=CC=CC=CC=CC=CC=CC=CCC. The largest absolute Gasteiger partial charge is 0.0848 e. The van der Waals surface area contributed by atoms with E-state index in [-0.39, 0.29) is 0 Å². The first-order chi connectivity index (χ1) is 9.91. The molecular weight excluding hydrogens is 240 g/mol. The van der Waals surface area contributed by atoms with E-state index in [2.05, 4.69) is 13.0 Å². The van der Waals surface area contributed by atoms with Crippen molar-refractivity contribution in [2.45, 2.75) is 13.3 Å². The predicted molar refractivity (Wildman–Crippen MR) is 92.3 cm³/mol. The molecule has 0 aromatic carbocycles. The Morgan fingerprint density at radius 3 is 1.10 bits per heavy atom. The molecule has 0 aliphatic rings. The minimum atomic E-state index is 1.07. The zero-order valence-corrected chi connectivity index (χ0v) is 12.1. The molecular formula is C20H23. The van der Waals surface area contributed by atoms with Crippen LogP contribution in [0.15, 0.2) is 103 Å². The summed E-state index contributed by atoms with van der Waals surface area (Å²) in [7, 11) is 0. The lowest BCUT2D eigenvalue weighted by Crippen LogP contribution is -1.54. The summed E-state index contributed by atoms with van der Waals surface area (Å²) >= 11 is 0. The molecule has 0 unspecified atom stereocenters. The Morgan fingerprint density at radius 1 is 0.500 bits per heavy atom. The fourth-order valence-corrected chi connectivity index (χ4v) is 1.11. The van der Waals surface area contributed by atoms with Crippen LogP contribution in [-0.2, 0) is 0 Å². The molecule has 0 atom stereocenters. The topological polar surface area (TPSA) is 0 Å². The van der Waals surface area contributed by atoms with Gasteiger partial charge in [0.05, 0.1) is 0 Å². The normalized spacial score (nSPS) is 14.1. The van der Waals surface area contributed by atoms with Gasteiger partial charge in [0.1, 0.15) is 0 Å². The van der Waals surface area contributed by atoms with Gasteiger partial charge in [-0.25, -0.2) is 0 Å². The molecule has 0 bridgehead atoms. The van der Waals surface area contributed by atoms with E-state index in [0.717, 1.165) is 6.42 Å². The Labute approximate surface area is 123 Å². The molecule has 0 spiro atoms. The minimum Gasteiger partial charge on any atom is -0.0848 e. The second-order valence-electron chi connectivity index (χ2n) is 3.72. The molecule has 0 heterocycles. The molecule has 0 aliphatic heterocycles. The summed E-state index contributed by atoms with van der Waals surface area (Å²) < 4.78 is 0. The smallest absolute Gasteiger partial charge is 0.0376 e. The van der Waals surface area contributed by atoms with Gasteiger partial charge in [-0.2, -0.15) is 0 Å². The van der Waals surface area contributed by atoms with Crippen LogP contribution in [-0.4, -0.2) is 0 Å². The molecule has 0 N–H and O–H groups in total. The molecule has 0 aromatic rings. The van der Waals surface area contributed by atoms with E-state index in [1.807, 2.05) is 85.1 Å². The molecule has 0 heteroatoms. The van der Waals surface area contributed by atoms with E-state index >= 15 is 0 Å². The summed E-state index contributed by atoms with van der Waals surface area (Å²) in [5.74, 6) is 0. The van der Waals surface area contributed by atoms with Gasteiger partial charge in [-0.1, -0.05) is 117 Å². The molecule has 103 valence electrons. The lowest BCUT2D eigenvalue weighted by atomic mass is 10.3. The molecule has 20 heavy (non-hydrogen) atoms. The van der Waals surface area contributed by atoms with Crippen LogP contribution in [0, 0.1) is 6.58 Å². The van der Waals surface area contributed by atoms with E-state index < -0.39 is 0 Å². The number of hydrogen-bond donors (Lipinski definition) is 0. The average molecular weight is 263 g/mol. The van der Waals surface area contributed by atoms with Gasteiger partial charge >= 0.3 is 0 Å². The van der Waals surface area contributed by atoms with Crippen molar-refractivity contribution in [1.82, 2.24) is 0 Å². The Bertz CT molecular complexity index is 446. The second kappa shape index (κ2) is 16.7. The summed E-state index contributed by atoms with van der Waals surface area (Å²) in [6, 6.07) is 0. The lowest BCUT2D eigenvalue weighted by molar-refractivity contribution is 1.22. The van der Waals surface area contributed by atoms with Crippen molar-refractivity contribution in [3.05, 3.63) is 110 Å². The predicted octanol–water partition coefficient (Wildman–Crippen LogP) is 5.84. The first-order valence-electron chi connectivity index (χ1n) is 6.78. The molecule has 0 saturated carbocycles. The highest BCUT2D eigenvalue weighted by Crippen LogP contribution is 1.86. The van der Waals surface area contributed by atoms with Gasteiger partial charge in [-0.05, 0) is 6.42 Å². The highest BCUT2D eigenvalue weighted by Gasteiger charge is 1.65. The van der Waals surface area contributed by atoms with Crippen LogP contribution in [0.25, 0.3) is 0 Å². The van der Waals surface area contributed by atoms with Gasteiger partial charge in [0.15, 0.2) is 0 Å². The second-order valence-corrected chi connectivity index (χ2v) is 3.72. The van der Waals surface area contributed by atoms with Crippen LogP contribution < -0.4 is 0 Å². The van der Waals surface area contributed by atoms with Crippen LogP contribution in [0.4, 0.5) is 0 Å². The number of allylic oxidation sites excluding steroid dienone is 17. The molecule has 0 rings (SSSR count). The van der Waals surface area contributed by atoms with Crippen LogP contribution in [0.5, 0.6) is 0 Å². The van der Waals surface area contributed by atoms with E-state index in [9.17, 15) is 0 Å². The standard InChI is InChI=1S/C20H23/c1-3-5-7-9-11-13-15-17-19-20-18-16-14-12-10-8-6-4-2/h1,3,5-20H,4H2,2H3. The minimum absolute atomic E-state index is 1.07. The van der Waals surface area contributed by atoms with Gasteiger partial charge in [-0.3, -0.25) is 0 Å². The quantitative estimate of drug-likeness (QED) is 0.459. The molecule has 0 amide bonds. The molecule has 1 radical (unpaired) electrons. The molecule has 0 fully saturated rings. The number of rotatable bonds is 9. The monoisotopic (exact) mass is 263 g/mol. The maximum atomic E-state index is 5.19. The van der Waals surface area contributed by atoms with Crippen molar-refractivity contribution in [3.63, 3.8) is 0 Å². The van der Waals surface area contributed by atoms with Gasteiger partial charge in [-0.15, -0.1) is 0 Å². The maximum absolute atomic E-state index is 5.19. The Morgan fingerprint density at radius 2 is 0.800 bits per heavy atom. The van der Waals surface area contributed by atoms with E-state index in [1.54, 1.807) is 6.08 Å². The highest BCUT2D eigenvalue weighted by atomic mass is 13.7. The fourth-order valence-electron chi connectivity index (χ4n) is 1.11.